The minimum Gasteiger partial charge on any atom is -0.378 e. The molecule has 1 N–H and O–H groups in total. The Balaban J connectivity index is 1.55. The van der Waals surface area contributed by atoms with E-state index in [2.05, 4.69) is 80.2 Å². The van der Waals surface area contributed by atoms with E-state index in [0.29, 0.717) is 24.0 Å². The first kappa shape index (κ1) is 19.8. The number of rotatable bonds is 5. The minimum absolute atomic E-state index is 0.406. The Bertz CT molecular complexity index is 1030. The molecule has 2 fully saturated rings. The molecule has 3 aromatic rings. The van der Waals surface area contributed by atoms with Gasteiger partial charge < -0.3 is 9.72 Å². The van der Waals surface area contributed by atoms with Crippen LogP contribution in [0.15, 0.2) is 42.6 Å². The second kappa shape index (κ2) is 7.86. The van der Waals surface area contributed by atoms with Gasteiger partial charge in [0.2, 0.25) is 0 Å². The van der Waals surface area contributed by atoms with E-state index >= 15 is 0 Å². The molecule has 1 saturated carbocycles. The summed E-state index contributed by atoms with van der Waals surface area (Å²) in [6, 6.07) is 14.3. The molecular formula is C27H34N2O. The lowest BCUT2D eigenvalue weighted by molar-refractivity contribution is -0.0678. The van der Waals surface area contributed by atoms with E-state index in [4.69, 9.17) is 4.74 Å². The fourth-order valence-electron chi connectivity index (χ4n) is 6.20. The van der Waals surface area contributed by atoms with Gasteiger partial charge in [-0.2, -0.15) is 0 Å². The third-order valence-corrected chi connectivity index (χ3v) is 7.54. The molecule has 1 saturated heterocycles. The molecule has 0 radical (unpaired) electrons. The van der Waals surface area contributed by atoms with Crippen molar-refractivity contribution in [3.63, 3.8) is 0 Å². The van der Waals surface area contributed by atoms with Gasteiger partial charge in [0.25, 0.3) is 0 Å². The smallest absolute Gasteiger partial charge is 0.0661 e. The second-order valence-electron chi connectivity index (χ2n) is 9.46. The zero-order valence-corrected chi connectivity index (χ0v) is 18.7. The Kier molecular flexibility index (Phi) is 5.20. The van der Waals surface area contributed by atoms with Crippen LogP contribution in [-0.2, 0) is 11.3 Å². The van der Waals surface area contributed by atoms with E-state index in [9.17, 15) is 0 Å². The fourth-order valence-corrected chi connectivity index (χ4v) is 6.20. The maximum atomic E-state index is 6.31. The Hall–Kier alpha value is -2.10. The number of nitrogens with one attached hydrogen (secondary N) is 1. The van der Waals surface area contributed by atoms with E-state index in [1.807, 2.05) is 0 Å². The average molecular weight is 403 g/mol. The Morgan fingerprint density at radius 2 is 1.83 bits per heavy atom. The van der Waals surface area contributed by atoms with Gasteiger partial charge in [-0.15, -0.1) is 0 Å². The van der Waals surface area contributed by atoms with Crippen molar-refractivity contribution >= 4 is 10.9 Å². The van der Waals surface area contributed by atoms with Gasteiger partial charge >= 0.3 is 0 Å². The molecule has 158 valence electrons. The van der Waals surface area contributed by atoms with Gasteiger partial charge in [-0.1, -0.05) is 35.9 Å². The van der Waals surface area contributed by atoms with Crippen molar-refractivity contribution in [3.05, 3.63) is 70.4 Å². The molecule has 1 aliphatic heterocycles. The number of benzene rings is 2. The summed E-state index contributed by atoms with van der Waals surface area (Å²) in [6.45, 7) is 11.7. The number of H-pyrrole nitrogens is 1. The number of piperidine rings is 1. The van der Waals surface area contributed by atoms with E-state index in [1.54, 1.807) is 0 Å². The largest absolute Gasteiger partial charge is 0.378 e. The van der Waals surface area contributed by atoms with Crippen LogP contribution < -0.4 is 0 Å². The molecule has 1 aromatic heterocycles. The van der Waals surface area contributed by atoms with Gasteiger partial charge in [-0.05, 0) is 74.8 Å². The molecule has 2 heterocycles. The summed E-state index contributed by atoms with van der Waals surface area (Å²) in [5, 5.41) is 1.38. The predicted octanol–water partition coefficient (Wildman–Crippen LogP) is 6.08. The highest BCUT2D eigenvalue weighted by Gasteiger charge is 2.48. The molecule has 3 heteroatoms. The zero-order chi connectivity index (χ0) is 20.8. The number of fused-ring (bicyclic) bond motifs is 3. The average Bonchev–Trinajstić information content (AvgIpc) is 3.31. The summed E-state index contributed by atoms with van der Waals surface area (Å²) in [4.78, 5) is 6.21. The number of hydrogen-bond donors (Lipinski definition) is 1. The predicted molar refractivity (Wildman–Crippen MR) is 124 cm³/mol. The molecule has 2 aliphatic rings. The maximum Gasteiger partial charge on any atom is 0.0661 e. The normalized spacial score (nSPS) is 26.5. The molecular weight excluding hydrogens is 368 g/mol. The number of aromatic amines is 1. The molecule has 3 nitrogen and oxygen atoms in total. The third kappa shape index (κ3) is 3.29. The van der Waals surface area contributed by atoms with Crippen molar-refractivity contribution in [3.8, 4) is 0 Å². The quantitative estimate of drug-likeness (QED) is 0.560. The van der Waals surface area contributed by atoms with Crippen LogP contribution in [0.25, 0.3) is 10.9 Å². The van der Waals surface area contributed by atoms with Crippen LogP contribution in [0.5, 0.6) is 0 Å². The summed E-state index contributed by atoms with van der Waals surface area (Å²) in [6.07, 6.45) is 5.06. The Labute approximate surface area is 180 Å². The van der Waals surface area contributed by atoms with Crippen LogP contribution in [0.2, 0.25) is 0 Å². The van der Waals surface area contributed by atoms with Crippen LogP contribution in [0.4, 0.5) is 0 Å². The highest BCUT2D eigenvalue weighted by Crippen LogP contribution is 2.49. The van der Waals surface area contributed by atoms with Crippen LogP contribution in [-0.4, -0.2) is 29.1 Å². The fraction of sp³-hybridized carbons (Fsp3) is 0.481. The Morgan fingerprint density at radius 1 is 1.03 bits per heavy atom. The molecule has 4 unspecified atom stereocenters. The number of hydrogen-bond acceptors (Lipinski definition) is 2. The van der Waals surface area contributed by atoms with E-state index < -0.39 is 0 Å². The molecule has 30 heavy (non-hydrogen) atoms. The number of aromatic nitrogens is 1. The molecule has 2 aromatic carbocycles. The van der Waals surface area contributed by atoms with Crippen molar-refractivity contribution in [2.45, 2.75) is 59.2 Å². The number of likely N-dealkylation sites (tertiary alicyclic amines) is 1. The SMILES string of the molecule is CCOC1C2CCC1C(c1ccc(C)cc1)N(Cc1c(C)cc(C)c3[nH]ccc13)C2. The molecule has 2 bridgehead atoms. The van der Waals surface area contributed by atoms with Crippen molar-refractivity contribution < 1.29 is 4.74 Å². The summed E-state index contributed by atoms with van der Waals surface area (Å²) in [5.41, 5.74) is 8.28. The zero-order valence-electron chi connectivity index (χ0n) is 18.7. The highest BCUT2D eigenvalue weighted by atomic mass is 16.5. The summed E-state index contributed by atoms with van der Waals surface area (Å²) < 4.78 is 6.31. The minimum atomic E-state index is 0.406. The molecule has 1 aliphatic carbocycles. The number of nitrogens with zero attached hydrogens (tertiary/aromatic N) is 1. The van der Waals surface area contributed by atoms with Crippen molar-refractivity contribution in [2.24, 2.45) is 11.8 Å². The van der Waals surface area contributed by atoms with E-state index in [1.165, 1.54) is 51.6 Å². The maximum absolute atomic E-state index is 6.31. The van der Waals surface area contributed by atoms with Gasteiger partial charge in [0, 0.05) is 48.8 Å². The van der Waals surface area contributed by atoms with Crippen LogP contribution in [0, 0.1) is 32.6 Å². The third-order valence-electron chi connectivity index (χ3n) is 7.54. The van der Waals surface area contributed by atoms with Crippen LogP contribution in [0.1, 0.15) is 53.6 Å². The monoisotopic (exact) mass is 402 g/mol. The molecule has 0 amide bonds. The topological polar surface area (TPSA) is 28.3 Å². The first-order chi connectivity index (χ1) is 14.6. The van der Waals surface area contributed by atoms with Gasteiger partial charge in [-0.25, -0.2) is 0 Å². The van der Waals surface area contributed by atoms with Crippen LogP contribution >= 0.6 is 0 Å². The lowest BCUT2D eigenvalue weighted by Gasteiger charge is -2.45. The lowest BCUT2D eigenvalue weighted by atomic mass is 9.82. The van der Waals surface area contributed by atoms with Gasteiger partial charge in [0.1, 0.15) is 0 Å². The van der Waals surface area contributed by atoms with E-state index in [-0.39, 0.29) is 0 Å². The van der Waals surface area contributed by atoms with Gasteiger partial charge in [0.15, 0.2) is 0 Å². The van der Waals surface area contributed by atoms with Gasteiger partial charge in [-0.3, -0.25) is 4.90 Å². The van der Waals surface area contributed by atoms with E-state index in [0.717, 1.165) is 19.7 Å². The van der Waals surface area contributed by atoms with Crippen LogP contribution in [0.3, 0.4) is 0 Å². The highest BCUT2D eigenvalue weighted by molar-refractivity contribution is 5.87. The summed E-state index contributed by atoms with van der Waals surface area (Å²) in [5.74, 6) is 1.24. The first-order valence-corrected chi connectivity index (χ1v) is 11.5. The summed E-state index contributed by atoms with van der Waals surface area (Å²) >= 11 is 0. The number of ether oxygens (including phenoxy) is 1. The van der Waals surface area contributed by atoms with Crippen molar-refractivity contribution in [1.82, 2.24) is 9.88 Å². The van der Waals surface area contributed by atoms with Crippen molar-refractivity contribution in [2.75, 3.05) is 13.2 Å². The second-order valence-corrected chi connectivity index (χ2v) is 9.46. The molecule has 0 spiro atoms. The molecule has 4 atom stereocenters. The Morgan fingerprint density at radius 3 is 2.60 bits per heavy atom. The first-order valence-electron chi connectivity index (χ1n) is 11.5. The standard InChI is InChI=1S/C27H34N2O/c1-5-30-27-21-10-11-23(27)26(20-8-6-17(2)7-9-20)29(15-21)16-24-18(3)14-19(4)25-22(24)12-13-28-25/h6-9,12-14,21,23,26-28H,5,10-11,15-16H2,1-4H3. The number of aryl methyl sites for hydroxylation is 3. The van der Waals surface area contributed by atoms with Gasteiger partial charge in [0.05, 0.1) is 6.10 Å². The summed E-state index contributed by atoms with van der Waals surface area (Å²) in [7, 11) is 0. The molecule has 5 rings (SSSR count). The van der Waals surface area contributed by atoms with Crippen molar-refractivity contribution in [1.29, 1.82) is 0 Å². The lowest BCUT2D eigenvalue weighted by Crippen LogP contribution is -2.47.